The summed E-state index contributed by atoms with van der Waals surface area (Å²) in [4.78, 5) is 4.40. The van der Waals surface area contributed by atoms with Gasteiger partial charge in [0.05, 0.1) is 6.04 Å². The number of phenols is 1. The third kappa shape index (κ3) is 2.91. The molecule has 3 rings (SSSR count). The van der Waals surface area contributed by atoms with Crippen molar-refractivity contribution in [1.82, 2.24) is 10.1 Å². The van der Waals surface area contributed by atoms with Gasteiger partial charge in [-0.3, -0.25) is 0 Å². The van der Waals surface area contributed by atoms with Crippen LogP contribution in [0, 0.1) is 0 Å². The van der Waals surface area contributed by atoms with E-state index in [1.54, 1.807) is 12.1 Å². The van der Waals surface area contributed by atoms with E-state index in [9.17, 15) is 5.11 Å². The molecule has 1 aliphatic heterocycles. The number of rotatable bonds is 4. The van der Waals surface area contributed by atoms with E-state index in [1.165, 1.54) is 0 Å². The maximum Gasteiger partial charge on any atom is 0.244 e. The summed E-state index contributed by atoms with van der Waals surface area (Å²) in [5.74, 6) is 1.21. The highest BCUT2D eigenvalue weighted by molar-refractivity contribution is 5.26. The Hall–Kier alpha value is -1.92. The summed E-state index contributed by atoms with van der Waals surface area (Å²) in [5.41, 5.74) is 6.67. The van der Waals surface area contributed by atoms with Gasteiger partial charge in [-0.25, -0.2) is 0 Å². The number of ether oxygens (including phenoxy) is 1. The Morgan fingerprint density at radius 2 is 2.14 bits per heavy atom. The fraction of sp³-hybridized carbons (Fsp3) is 0.467. The number of nitrogens with zero attached hydrogens (tertiary/aromatic N) is 2. The molecule has 2 aromatic rings. The second kappa shape index (κ2) is 5.46. The van der Waals surface area contributed by atoms with Crippen LogP contribution in [-0.2, 0) is 16.8 Å². The SMILES string of the molecule is CC1(c2noc(C(N)Cc3ccc(O)cc3)n2)CCCO1. The average Bonchev–Trinajstić information content (AvgIpc) is 3.11. The van der Waals surface area contributed by atoms with Crippen LogP contribution >= 0.6 is 0 Å². The van der Waals surface area contributed by atoms with Crippen LogP contribution in [0.15, 0.2) is 28.8 Å². The van der Waals surface area contributed by atoms with E-state index in [4.69, 9.17) is 15.0 Å². The summed E-state index contributed by atoms with van der Waals surface area (Å²) < 4.78 is 11.0. The predicted molar refractivity (Wildman–Crippen MR) is 75.6 cm³/mol. The van der Waals surface area contributed by atoms with Crippen LogP contribution in [0.25, 0.3) is 0 Å². The molecule has 1 saturated heterocycles. The van der Waals surface area contributed by atoms with Crippen molar-refractivity contribution in [2.24, 2.45) is 5.73 Å². The van der Waals surface area contributed by atoms with Crippen molar-refractivity contribution in [1.29, 1.82) is 0 Å². The van der Waals surface area contributed by atoms with Crippen molar-refractivity contribution in [2.45, 2.75) is 37.8 Å². The molecule has 0 bridgehead atoms. The summed E-state index contributed by atoms with van der Waals surface area (Å²) in [7, 11) is 0. The molecule has 3 N–H and O–H groups in total. The molecule has 6 nitrogen and oxygen atoms in total. The van der Waals surface area contributed by atoms with Crippen LogP contribution in [0.1, 0.15) is 43.1 Å². The molecule has 1 fully saturated rings. The number of aromatic hydroxyl groups is 1. The van der Waals surface area contributed by atoms with E-state index < -0.39 is 5.60 Å². The zero-order chi connectivity index (χ0) is 14.9. The van der Waals surface area contributed by atoms with Crippen LogP contribution < -0.4 is 5.73 Å². The Kier molecular flexibility index (Phi) is 3.65. The predicted octanol–water partition coefficient (Wildman–Crippen LogP) is 2.04. The van der Waals surface area contributed by atoms with Gasteiger partial charge in [-0.1, -0.05) is 17.3 Å². The fourth-order valence-electron chi connectivity index (χ4n) is 2.53. The van der Waals surface area contributed by atoms with Gasteiger partial charge < -0.3 is 20.1 Å². The fourth-order valence-corrected chi connectivity index (χ4v) is 2.53. The maximum atomic E-state index is 9.27. The van der Waals surface area contributed by atoms with Gasteiger partial charge in [-0.2, -0.15) is 4.98 Å². The Balaban J connectivity index is 1.72. The first-order valence-corrected chi connectivity index (χ1v) is 7.08. The van der Waals surface area contributed by atoms with E-state index >= 15 is 0 Å². The van der Waals surface area contributed by atoms with Crippen LogP contribution in [0.2, 0.25) is 0 Å². The second-order valence-electron chi connectivity index (χ2n) is 5.62. The first-order valence-electron chi connectivity index (χ1n) is 7.08. The van der Waals surface area contributed by atoms with Gasteiger partial charge in [0.15, 0.2) is 0 Å². The quantitative estimate of drug-likeness (QED) is 0.894. The maximum absolute atomic E-state index is 9.27. The van der Waals surface area contributed by atoms with Crippen molar-refractivity contribution in [3.05, 3.63) is 41.5 Å². The molecule has 0 spiro atoms. The van der Waals surface area contributed by atoms with Crippen molar-refractivity contribution < 1.29 is 14.4 Å². The standard InChI is InChI=1S/C15H19N3O3/c1-15(7-2-8-20-15)14-17-13(21-18-14)12(16)9-10-3-5-11(19)6-4-10/h3-6,12,19H,2,7-9,16H2,1H3. The summed E-state index contributed by atoms with van der Waals surface area (Å²) >= 11 is 0. The minimum absolute atomic E-state index is 0.235. The van der Waals surface area contributed by atoms with E-state index in [0.29, 0.717) is 18.1 Å². The number of hydrogen-bond donors (Lipinski definition) is 2. The van der Waals surface area contributed by atoms with Gasteiger partial charge in [0.25, 0.3) is 0 Å². The molecule has 2 heterocycles. The molecule has 6 heteroatoms. The van der Waals surface area contributed by atoms with Gasteiger partial charge in [0.2, 0.25) is 11.7 Å². The zero-order valence-electron chi connectivity index (χ0n) is 12.0. The van der Waals surface area contributed by atoms with Crippen LogP contribution in [-0.4, -0.2) is 21.9 Å². The molecule has 1 aromatic carbocycles. The Morgan fingerprint density at radius 3 is 2.81 bits per heavy atom. The second-order valence-corrected chi connectivity index (χ2v) is 5.62. The van der Waals surface area contributed by atoms with Crippen LogP contribution in [0.4, 0.5) is 0 Å². The third-order valence-corrected chi connectivity index (χ3v) is 3.84. The number of aromatic nitrogens is 2. The molecule has 0 amide bonds. The Morgan fingerprint density at radius 1 is 1.38 bits per heavy atom. The van der Waals surface area contributed by atoms with Crippen molar-refractivity contribution in [3.8, 4) is 5.75 Å². The number of hydrogen-bond acceptors (Lipinski definition) is 6. The zero-order valence-corrected chi connectivity index (χ0v) is 12.0. The molecule has 1 aliphatic rings. The van der Waals surface area contributed by atoms with E-state index in [2.05, 4.69) is 10.1 Å². The normalized spacial score (nSPS) is 23.3. The molecular weight excluding hydrogens is 270 g/mol. The van der Waals surface area contributed by atoms with E-state index in [0.717, 1.165) is 25.0 Å². The number of nitrogens with two attached hydrogens (primary N) is 1. The highest BCUT2D eigenvalue weighted by Crippen LogP contribution is 2.34. The third-order valence-electron chi connectivity index (χ3n) is 3.84. The van der Waals surface area contributed by atoms with Crippen molar-refractivity contribution in [2.75, 3.05) is 6.61 Å². The minimum atomic E-state index is -0.458. The van der Waals surface area contributed by atoms with Crippen molar-refractivity contribution in [3.63, 3.8) is 0 Å². The highest BCUT2D eigenvalue weighted by Gasteiger charge is 2.37. The number of phenolic OH excluding ortho intramolecular Hbond substituents is 1. The molecule has 2 unspecified atom stereocenters. The topological polar surface area (TPSA) is 94.4 Å². The first-order chi connectivity index (χ1) is 10.1. The Bertz CT molecular complexity index is 603. The molecule has 1 aromatic heterocycles. The largest absolute Gasteiger partial charge is 0.508 e. The minimum Gasteiger partial charge on any atom is -0.508 e. The van der Waals surface area contributed by atoms with Gasteiger partial charge in [0, 0.05) is 6.61 Å². The molecule has 21 heavy (non-hydrogen) atoms. The van der Waals surface area contributed by atoms with Gasteiger partial charge in [-0.05, 0) is 43.9 Å². The molecule has 2 atom stereocenters. The molecule has 0 saturated carbocycles. The average molecular weight is 289 g/mol. The lowest BCUT2D eigenvalue weighted by atomic mass is 10.0. The summed E-state index contributed by atoms with van der Waals surface area (Å²) in [6, 6.07) is 6.55. The highest BCUT2D eigenvalue weighted by atomic mass is 16.5. The summed E-state index contributed by atoms with van der Waals surface area (Å²) in [6.45, 7) is 2.69. The molecule has 112 valence electrons. The lowest BCUT2D eigenvalue weighted by Gasteiger charge is -2.17. The lowest BCUT2D eigenvalue weighted by molar-refractivity contribution is 0.00768. The molecular formula is C15H19N3O3. The molecule has 0 radical (unpaired) electrons. The van der Waals surface area contributed by atoms with Gasteiger partial charge in [0.1, 0.15) is 11.4 Å². The number of benzene rings is 1. The smallest absolute Gasteiger partial charge is 0.244 e. The van der Waals surface area contributed by atoms with Gasteiger partial charge >= 0.3 is 0 Å². The van der Waals surface area contributed by atoms with Crippen LogP contribution in [0.3, 0.4) is 0 Å². The Labute approximate surface area is 122 Å². The van der Waals surface area contributed by atoms with Crippen LogP contribution in [0.5, 0.6) is 5.75 Å². The van der Waals surface area contributed by atoms with E-state index in [1.807, 2.05) is 19.1 Å². The summed E-state index contributed by atoms with van der Waals surface area (Å²) in [5, 5.41) is 13.3. The lowest BCUT2D eigenvalue weighted by Crippen LogP contribution is -2.22. The van der Waals surface area contributed by atoms with E-state index in [-0.39, 0.29) is 11.8 Å². The summed E-state index contributed by atoms with van der Waals surface area (Å²) in [6.07, 6.45) is 2.46. The van der Waals surface area contributed by atoms with Gasteiger partial charge in [-0.15, -0.1) is 0 Å². The monoisotopic (exact) mass is 289 g/mol. The molecule has 0 aliphatic carbocycles. The van der Waals surface area contributed by atoms with Crippen molar-refractivity contribution >= 4 is 0 Å². The first kappa shape index (κ1) is 14.0.